The predicted molar refractivity (Wildman–Crippen MR) is 162 cm³/mol. The molecule has 1 N–H and O–H groups in total. The van der Waals surface area contributed by atoms with Crippen LogP contribution in [0.2, 0.25) is 0 Å². The number of rotatable bonds is 24. The molecule has 0 aliphatic carbocycles. The van der Waals surface area contributed by atoms with Gasteiger partial charge in [-0.25, -0.2) is 0 Å². The molecule has 0 saturated carbocycles. The second-order valence-corrected chi connectivity index (χ2v) is 10.7. The molecule has 0 rings (SSSR count). The van der Waals surface area contributed by atoms with Crippen LogP contribution in [-0.2, 0) is 9.53 Å². The highest BCUT2D eigenvalue weighted by Gasteiger charge is 2.02. The van der Waals surface area contributed by atoms with Crippen LogP contribution in [0.3, 0.4) is 0 Å². The van der Waals surface area contributed by atoms with E-state index in [2.05, 4.69) is 39.4 Å². The van der Waals surface area contributed by atoms with Crippen molar-refractivity contribution in [1.29, 1.82) is 0 Å². The zero-order valence-corrected chi connectivity index (χ0v) is 26.0. The smallest absolute Gasteiger partial charge is 0.305 e. The van der Waals surface area contributed by atoms with Gasteiger partial charge in [0.25, 0.3) is 0 Å². The molecule has 0 heterocycles. The molecule has 36 heavy (non-hydrogen) atoms. The Morgan fingerprint density at radius 2 is 0.806 bits per heavy atom. The van der Waals surface area contributed by atoms with Crippen LogP contribution in [0.1, 0.15) is 195 Å². The summed E-state index contributed by atoms with van der Waals surface area (Å²) < 4.78 is 4.66. The lowest BCUT2D eigenvalue weighted by Gasteiger charge is -2.09. The topological polar surface area (TPSA) is 46.5 Å². The molecule has 220 valence electrons. The van der Waals surface area contributed by atoms with Gasteiger partial charge < -0.3 is 9.84 Å². The van der Waals surface area contributed by atoms with Crippen LogP contribution in [0.15, 0.2) is 0 Å². The summed E-state index contributed by atoms with van der Waals surface area (Å²) in [7, 11) is 1.47. The molecular weight excluding hydrogens is 444 g/mol. The molecule has 3 heteroatoms. The highest BCUT2D eigenvalue weighted by Crippen LogP contribution is 2.15. The maximum Gasteiger partial charge on any atom is 0.305 e. The molecule has 0 aromatic carbocycles. The van der Waals surface area contributed by atoms with Crippen molar-refractivity contribution in [1.82, 2.24) is 0 Å². The molecule has 0 aromatic heterocycles. The van der Waals surface area contributed by atoms with Gasteiger partial charge in [-0.05, 0) is 19.3 Å². The zero-order valence-electron chi connectivity index (χ0n) is 26.0. The number of aliphatic hydroxyl groups excluding tert-OH is 1. The zero-order chi connectivity index (χ0) is 27.5. The Kier molecular flexibility index (Phi) is 43.2. The SMILES string of the molecule is CCC.CCC.CCCCC(O)CCCCCCCCCCCCCCCCCCCCC(=O)OC. The number of carbonyl (C=O) groups excluding carboxylic acids is 1. The van der Waals surface area contributed by atoms with Crippen LogP contribution in [0, 0.1) is 0 Å². The van der Waals surface area contributed by atoms with Crippen molar-refractivity contribution in [3.05, 3.63) is 0 Å². The summed E-state index contributed by atoms with van der Waals surface area (Å²) >= 11 is 0. The summed E-state index contributed by atoms with van der Waals surface area (Å²) in [6.07, 6.45) is 31.4. The Bertz CT molecular complexity index is 368. The van der Waals surface area contributed by atoms with E-state index in [1.165, 1.54) is 136 Å². The Labute approximate surface area is 228 Å². The summed E-state index contributed by atoms with van der Waals surface area (Å²) in [6, 6.07) is 0. The first-order valence-electron chi connectivity index (χ1n) is 16.3. The van der Waals surface area contributed by atoms with Crippen molar-refractivity contribution in [2.75, 3.05) is 7.11 Å². The molecule has 0 spiro atoms. The van der Waals surface area contributed by atoms with Crippen LogP contribution in [-0.4, -0.2) is 24.3 Å². The number of aliphatic hydroxyl groups is 1. The molecule has 0 aromatic rings. The third kappa shape index (κ3) is 43.5. The number of hydrogen-bond acceptors (Lipinski definition) is 3. The third-order valence-corrected chi connectivity index (χ3v) is 6.29. The van der Waals surface area contributed by atoms with Gasteiger partial charge in [0.15, 0.2) is 0 Å². The van der Waals surface area contributed by atoms with Crippen molar-refractivity contribution >= 4 is 5.97 Å². The van der Waals surface area contributed by atoms with Crippen molar-refractivity contribution in [3.8, 4) is 0 Å². The highest BCUT2D eigenvalue weighted by atomic mass is 16.5. The van der Waals surface area contributed by atoms with Gasteiger partial charge in [-0.2, -0.15) is 0 Å². The van der Waals surface area contributed by atoms with Crippen molar-refractivity contribution < 1.29 is 14.6 Å². The minimum Gasteiger partial charge on any atom is -0.469 e. The largest absolute Gasteiger partial charge is 0.469 e. The maximum atomic E-state index is 11.0. The van der Waals surface area contributed by atoms with Gasteiger partial charge in [-0.15, -0.1) is 0 Å². The lowest BCUT2D eigenvalue weighted by atomic mass is 10.0. The predicted octanol–water partition coefficient (Wildman–Crippen LogP) is 11.3. The monoisotopic (exact) mass is 515 g/mol. The van der Waals surface area contributed by atoms with Gasteiger partial charge in [0.1, 0.15) is 0 Å². The third-order valence-electron chi connectivity index (χ3n) is 6.29. The van der Waals surface area contributed by atoms with Crippen molar-refractivity contribution in [2.45, 2.75) is 201 Å². The Morgan fingerprint density at radius 3 is 1.11 bits per heavy atom. The fraction of sp³-hybridized carbons (Fsp3) is 0.970. The van der Waals surface area contributed by atoms with Gasteiger partial charge in [0.05, 0.1) is 13.2 Å². The molecule has 0 radical (unpaired) electrons. The second kappa shape index (κ2) is 39.0. The van der Waals surface area contributed by atoms with E-state index in [1.54, 1.807) is 0 Å². The van der Waals surface area contributed by atoms with E-state index in [4.69, 9.17) is 0 Å². The first-order chi connectivity index (χ1) is 17.5. The minimum absolute atomic E-state index is 0.0470. The molecule has 0 aliphatic heterocycles. The van der Waals surface area contributed by atoms with Crippen LogP contribution < -0.4 is 0 Å². The summed E-state index contributed by atoms with van der Waals surface area (Å²) in [5.74, 6) is -0.0694. The number of esters is 1. The van der Waals surface area contributed by atoms with Crippen LogP contribution >= 0.6 is 0 Å². The molecular formula is C33H70O3. The molecule has 0 aliphatic rings. The first-order valence-corrected chi connectivity index (χ1v) is 16.3. The highest BCUT2D eigenvalue weighted by molar-refractivity contribution is 5.68. The number of carbonyl (C=O) groups is 1. The average molecular weight is 515 g/mol. The molecule has 1 unspecified atom stereocenters. The Morgan fingerprint density at radius 1 is 0.528 bits per heavy atom. The molecule has 0 bridgehead atoms. The van der Waals surface area contributed by atoms with Gasteiger partial charge in [0, 0.05) is 6.42 Å². The average Bonchev–Trinajstić information content (AvgIpc) is 2.87. The molecule has 0 amide bonds. The Hall–Kier alpha value is -0.570. The summed E-state index contributed by atoms with van der Waals surface area (Å²) in [4.78, 5) is 11.0. The number of ether oxygens (including phenoxy) is 1. The van der Waals surface area contributed by atoms with Crippen molar-refractivity contribution in [3.63, 3.8) is 0 Å². The van der Waals surface area contributed by atoms with E-state index in [-0.39, 0.29) is 12.1 Å². The van der Waals surface area contributed by atoms with Crippen LogP contribution in [0.4, 0.5) is 0 Å². The van der Waals surface area contributed by atoms with E-state index in [0.29, 0.717) is 6.42 Å². The molecule has 0 fully saturated rings. The van der Waals surface area contributed by atoms with E-state index in [1.807, 2.05) is 0 Å². The lowest BCUT2D eigenvalue weighted by Crippen LogP contribution is -2.05. The summed E-state index contributed by atoms with van der Waals surface area (Å²) in [5, 5.41) is 9.83. The maximum absolute atomic E-state index is 11.0. The Balaban J connectivity index is -0.00000163. The fourth-order valence-electron chi connectivity index (χ4n) is 4.16. The first kappa shape index (κ1) is 39.9. The molecule has 3 nitrogen and oxygen atoms in total. The fourth-order valence-corrected chi connectivity index (χ4v) is 4.16. The van der Waals surface area contributed by atoms with E-state index in [9.17, 15) is 9.90 Å². The van der Waals surface area contributed by atoms with Gasteiger partial charge >= 0.3 is 5.97 Å². The van der Waals surface area contributed by atoms with E-state index in [0.717, 1.165) is 25.7 Å². The molecule has 0 saturated heterocycles. The minimum atomic E-state index is -0.0694. The number of hydrogen-bond donors (Lipinski definition) is 1. The van der Waals surface area contributed by atoms with Gasteiger partial charge in [0.2, 0.25) is 0 Å². The van der Waals surface area contributed by atoms with E-state index >= 15 is 0 Å². The van der Waals surface area contributed by atoms with Gasteiger partial charge in [-0.3, -0.25) is 4.79 Å². The standard InChI is InChI=1S/C27H54O3.2C3H8/c1-3-4-23-26(28)24-21-19-17-15-13-11-9-7-5-6-8-10-12-14-16-18-20-22-25-27(29)30-2;2*1-3-2/h26,28H,3-25H2,1-2H3;2*3H2,1-2H3. The van der Waals surface area contributed by atoms with Crippen molar-refractivity contribution in [2.24, 2.45) is 0 Å². The second-order valence-electron chi connectivity index (χ2n) is 10.7. The summed E-state index contributed by atoms with van der Waals surface area (Å²) in [6.45, 7) is 10.7. The number of unbranched alkanes of at least 4 members (excludes halogenated alkanes) is 18. The normalized spacial score (nSPS) is 11.2. The van der Waals surface area contributed by atoms with E-state index < -0.39 is 0 Å². The summed E-state index contributed by atoms with van der Waals surface area (Å²) in [5.41, 5.74) is 0. The van der Waals surface area contributed by atoms with Crippen LogP contribution in [0.25, 0.3) is 0 Å². The number of methoxy groups -OCH3 is 1. The van der Waals surface area contributed by atoms with Crippen LogP contribution in [0.5, 0.6) is 0 Å². The molecule has 1 atom stereocenters. The quantitative estimate of drug-likeness (QED) is 0.103. The van der Waals surface area contributed by atoms with Gasteiger partial charge in [-0.1, -0.05) is 169 Å². The lowest BCUT2D eigenvalue weighted by molar-refractivity contribution is -0.140.